The number of hydrogen-bond acceptors (Lipinski definition) is 0. The lowest BCUT2D eigenvalue weighted by molar-refractivity contribution is 0.517. The van der Waals surface area contributed by atoms with Crippen LogP contribution in [0.4, 0.5) is 0 Å². The van der Waals surface area contributed by atoms with Gasteiger partial charge in [-0.25, -0.2) is 0 Å². The molecule has 1 rings (SSSR count). The van der Waals surface area contributed by atoms with E-state index in [1.807, 2.05) is 0 Å². The average molecular weight is 150 g/mol. The second-order valence-electron chi connectivity index (χ2n) is 4.27. The van der Waals surface area contributed by atoms with Crippen LogP contribution in [0.5, 0.6) is 0 Å². The molecule has 0 aromatic heterocycles. The van der Waals surface area contributed by atoms with Crippen molar-refractivity contribution >= 4 is 0 Å². The van der Waals surface area contributed by atoms with Crippen LogP contribution in [0.1, 0.15) is 40.5 Å². The predicted octanol–water partition coefficient (Wildman–Crippen LogP) is 3.70. The Kier molecular flexibility index (Phi) is 2.22. The van der Waals surface area contributed by atoms with E-state index < -0.39 is 0 Å². The molecule has 0 saturated heterocycles. The van der Waals surface area contributed by atoms with E-state index in [9.17, 15) is 0 Å². The van der Waals surface area contributed by atoms with Gasteiger partial charge in [-0.3, -0.25) is 0 Å². The van der Waals surface area contributed by atoms with E-state index in [1.165, 1.54) is 18.4 Å². The summed E-state index contributed by atoms with van der Waals surface area (Å²) in [6.07, 6.45) is 7.11. The Labute approximate surface area is 70.0 Å². The summed E-state index contributed by atoms with van der Waals surface area (Å²) < 4.78 is 0. The van der Waals surface area contributed by atoms with Crippen molar-refractivity contribution in [2.75, 3.05) is 0 Å². The highest BCUT2D eigenvalue weighted by Gasteiger charge is 2.17. The normalized spacial score (nSPS) is 18.2. The Morgan fingerprint density at radius 2 is 2.00 bits per heavy atom. The summed E-state index contributed by atoms with van der Waals surface area (Å²) >= 11 is 0. The topological polar surface area (TPSA) is 0 Å². The van der Waals surface area contributed by atoms with Crippen molar-refractivity contribution in [1.29, 1.82) is 0 Å². The van der Waals surface area contributed by atoms with Crippen LogP contribution in [0.25, 0.3) is 0 Å². The van der Waals surface area contributed by atoms with Crippen LogP contribution in [0, 0.1) is 5.41 Å². The van der Waals surface area contributed by atoms with Crippen LogP contribution in [-0.4, -0.2) is 0 Å². The van der Waals surface area contributed by atoms with Crippen molar-refractivity contribution in [2.24, 2.45) is 5.41 Å². The van der Waals surface area contributed by atoms with Gasteiger partial charge >= 0.3 is 0 Å². The van der Waals surface area contributed by atoms with E-state index >= 15 is 0 Å². The third kappa shape index (κ3) is 1.95. The van der Waals surface area contributed by atoms with Gasteiger partial charge in [-0.2, -0.15) is 0 Å². The molecule has 1 aliphatic rings. The van der Waals surface area contributed by atoms with Gasteiger partial charge in [0.25, 0.3) is 0 Å². The molecule has 0 N–H and O–H groups in total. The van der Waals surface area contributed by atoms with Gasteiger partial charge in [0.05, 0.1) is 0 Å². The first kappa shape index (κ1) is 8.58. The molecule has 0 aromatic carbocycles. The molecule has 0 radical (unpaired) electrons. The lowest BCUT2D eigenvalue weighted by Gasteiger charge is -2.18. The Hall–Kier alpha value is -0.520. The summed E-state index contributed by atoms with van der Waals surface area (Å²) in [4.78, 5) is 0. The van der Waals surface area contributed by atoms with Gasteiger partial charge in [-0.15, -0.1) is 0 Å². The predicted molar refractivity (Wildman–Crippen MR) is 50.5 cm³/mol. The molecule has 0 fully saturated rings. The van der Waals surface area contributed by atoms with Crippen molar-refractivity contribution in [3.05, 3.63) is 23.3 Å². The highest BCUT2D eigenvalue weighted by Crippen LogP contribution is 2.33. The van der Waals surface area contributed by atoms with E-state index in [0.29, 0.717) is 5.41 Å². The zero-order chi connectivity index (χ0) is 8.48. The van der Waals surface area contributed by atoms with Gasteiger partial charge < -0.3 is 0 Å². The smallest absolute Gasteiger partial charge is 0.0130 e. The highest BCUT2D eigenvalue weighted by molar-refractivity contribution is 5.35. The monoisotopic (exact) mass is 150 g/mol. The molecule has 11 heavy (non-hydrogen) atoms. The molecular weight excluding hydrogens is 132 g/mol. The molecule has 0 aromatic rings. The van der Waals surface area contributed by atoms with E-state index in [1.54, 1.807) is 5.57 Å². The molecular formula is C11H18. The minimum Gasteiger partial charge on any atom is -0.0767 e. The third-order valence-electron chi connectivity index (χ3n) is 2.26. The number of rotatable bonds is 1. The van der Waals surface area contributed by atoms with E-state index in [-0.39, 0.29) is 0 Å². The second kappa shape index (κ2) is 2.84. The fraction of sp³-hybridized carbons (Fsp3) is 0.636. The van der Waals surface area contributed by atoms with Crippen molar-refractivity contribution in [3.63, 3.8) is 0 Å². The van der Waals surface area contributed by atoms with Crippen LogP contribution in [-0.2, 0) is 0 Å². The van der Waals surface area contributed by atoms with Crippen molar-refractivity contribution < 1.29 is 0 Å². The summed E-state index contributed by atoms with van der Waals surface area (Å²) in [5.41, 5.74) is 3.43. The lowest BCUT2D eigenvalue weighted by Crippen LogP contribution is -2.05. The van der Waals surface area contributed by atoms with Gasteiger partial charge in [-0.1, -0.05) is 45.4 Å². The molecule has 62 valence electrons. The highest BCUT2D eigenvalue weighted by atomic mass is 14.2. The molecule has 0 unspecified atom stereocenters. The Bertz CT molecular complexity index is 199. The van der Waals surface area contributed by atoms with Crippen LogP contribution in [0.15, 0.2) is 23.3 Å². The van der Waals surface area contributed by atoms with Gasteiger partial charge in [0.2, 0.25) is 0 Å². The standard InChI is InChI=1S/C11H18/c1-5-9-6-7-10(8-9)11(2,3)4/h7-8H,5-6H2,1-4H3. The van der Waals surface area contributed by atoms with E-state index in [4.69, 9.17) is 0 Å². The SMILES string of the molecule is CCC1=CC(C(C)(C)C)=CC1. The molecule has 0 atom stereocenters. The zero-order valence-electron chi connectivity index (χ0n) is 8.07. The molecule has 0 aliphatic heterocycles. The number of hydrogen-bond donors (Lipinski definition) is 0. The van der Waals surface area contributed by atoms with Gasteiger partial charge in [0.15, 0.2) is 0 Å². The van der Waals surface area contributed by atoms with Gasteiger partial charge in [0, 0.05) is 0 Å². The lowest BCUT2D eigenvalue weighted by atomic mass is 9.87. The Morgan fingerprint density at radius 3 is 2.27 bits per heavy atom. The zero-order valence-corrected chi connectivity index (χ0v) is 8.07. The first-order valence-electron chi connectivity index (χ1n) is 4.44. The fourth-order valence-electron chi connectivity index (χ4n) is 1.35. The summed E-state index contributed by atoms with van der Waals surface area (Å²) in [5.74, 6) is 0. The average Bonchev–Trinajstić information content (AvgIpc) is 2.32. The molecule has 0 saturated carbocycles. The van der Waals surface area contributed by atoms with Crippen LogP contribution < -0.4 is 0 Å². The molecule has 1 aliphatic carbocycles. The van der Waals surface area contributed by atoms with Crippen molar-refractivity contribution in [3.8, 4) is 0 Å². The molecule has 0 heterocycles. The van der Waals surface area contributed by atoms with E-state index in [2.05, 4.69) is 39.8 Å². The van der Waals surface area contributed by atoms with Crippen molar-refractivity contribution in [2.45, 2.75) is 40.5 Å². The minimum atomic E-state index is 0.344. The van der Waals surface area contributed by atoms with Gasteiger partial charge in [0.1, 0.15) is 0 Å². The molecule has 0 amide bonds. The maximum atomic E-state index is 2.36. The van der Waals surface area contributed by atoms with Crippen LogP contribution in [0.3, 0.4) is 0 Å². The summed E-state index contributed by atoms with van der Waals surface area (Å²) in [6, 6.07) is 0. The molecule has 0 bridgehead atoms. The minimum absolute atomic E-state index is 0.344. The molecule has 0 heteroatoms. The first-order chi connectivity index (χ1) is 5.04. The third-order valence-corrected chi connectivity index (χ3v) is 2.26. The van der Waals surface area contributed by atoms with Crippen LogP contribution in [0.2, 0.25) is 0 Å². The maximum Gasteiger partial charge on any atom is -0.0130 e. The largest absolute Gasteiger partial charge is 0.0767 e. The van der Waals surface area contributed by atoms with E-state index in [0.717, 1.165) is 0 Å². The van der Waals surface area contributed by atoms with Crippen molar-refractivity contribution in [1.82, 2.24) is 0 Å². The Morgan fingerprint density at radius 1 is 1.36 bits per heavy atom. The fourth-order valence-corrected chi connectivity index (χ4v) is 1.35. The Balaban J connectivity index is 2.72. The van der Waals surface area contributed by atoms with Crippen LogP contribution >= 0.6 is 0 Å². The quantitative estimate of drug-likeness (QED) is 0.534. The maximum absolute atomic E-state index is 2.36. The first-order valence-corrected chi connectivity index (χ1v) is 4.44. The summed E-state index contributed by atoms with van der Waals surface area (Å²) in [6.45, 7) is 9.04. The summed E-state index contributed by atoms with van der Waals surface area (Å²) in [7, 11) is 0. The summed E-state index contributed by atoms with van der Waals surface area (Å²) in [5, 5.41) is 0. The molecule has 0 spiro atoms. The molecule has 0 nitrogen and oxygen atoms in total. The second-order valence-corrected chi connectivity index (χ2v) is 4.27. The van der Waals surface area contributed by atoms with Gasteiger partial charge in [-0.05, 0) is 23.8 Å². The number of allylic oxidation sites excluding steroid dienone is 4.